The van der Waals surface area contributed by atoms with Crippen LogP contribution < -0.4 is 11.1 Å². The van der Waals surface area contributed by atoms with Crippen molar-refractivity contribution < 1.29 is 23.1 Å². The molecule has 3 saturated carbocycles. The Bertz CT molecular complexity index is 1380. The van der Waals surface area contributed by atoms with Crippen molar-refractivity contribution in [2.75, 3.05) is 5.73 Å². The molecule has 3 fully saturated rings. The van der Waals surface area contributed by atoms with E-state index < -0.39 is 23.2 Å². The molecule has 3 aliphatic rings. The molecule has 0 saturated heterocycles. The molecule has 34 heavy (non-hydrogen) atoms. The first-order valence-corrected chi connectivity index (χ1v) is 10.6. The van der Waals surface area contributed by atoms with E-state index in [1.165, 1.54) is 35.0 Å². The molecule has 11 heteroatoms. The topological polar surface area (TPSA) is 129 Å². The molecule has 3 aliphatic carbocycles. The molecule has 0 spiro atoms. The fraction of sp³-hybridized carbons (Fsp3) is 0.391. The van der Waals surface area contributed by atoms with Gasteiger partial charge in [0.05, 0.1) is 23.4 Å². The second-order valence-corrected chi connectivity index (χ2v) is 9.61. The summed E-state index contributed by atoms with van der Waals surface area (Å²) in [7, 11) is 0. The Kier molecular flexibility index (Phi) is 4.36. The standard InChI is InChI=1S/C23H21F3N6O2/c1-12-3-4-13(20(2,34)23(24,25)26)5-14(12)16-6-29-18-17(28)30-15(7-32(16)18)19(33)31-22-8-21(9-22,10-22)11-27/h3-7,34H,8-10H2,1-2H3,(H2,28,30)(H,31,33). The van der Waals surface area contributed by atoms with Gasteiger partial charge in [0.25, 0.3) is 5.91 Å². The van der Waals surface area contributed by atoms with Crippen LogP contribution in [-0.2, 0) is 5.60 Å². The number of imidazole rings is 1. The number of fused-ring (bicyclic) bond motifs is 1. The maximum absolute atomic E-state index is 13.4. The van der Waals surface area contributed by atoms with Crippen LogP contribution in [0.5, 0.6) is 0 Å². The molecule has 0 radical (unpaired) electrons. The van der Waals surface area contributed by atoms with E-state index in [0.29, 0.717) is 43.0 Å². The van der Waals surface area contributed by atoms with Crippen molar-refractivity contribution in [2.45, 2.75) is 50.4 Å². The lowest BCUT2D eigenvalue weighted by Crippen LogP contribution is -2.74. The van der Waals surface area contributed by atoms with Crippen molar-refractivity contribution >= 4 is 17.4 Å². The second-order valence-electron chi connectivity index (χ2n) is 9.61. The van der Waals surface area contributed by atoms with Crippen LogP contribution in [0.25, 0.3) is 16.9 Å². The van der Waals surface area contributed by atoms with Gasteiger partial charge in [-0.2, -0.15) is 18.4 Å². The Morgan fingerprint density at radius 3 is 2.62 bits per heavy atom. The van der Waals surface area contributed by atoms with Gasteiger partial charge in [0, 0.05) is 17.3 Å². The summed E-state index contributed by atoms with van der Waals surface area (Å²) < 4.78 is 41.7. The number of halogens is 3. The zero-order valence-corrected chi connectivity index (χ0v) is 18.4. The van der Waals surface area contributed by atoms with Crippen molar-refractivity contribution in [2.24, 2.45) is 5.41 Å². The molecule has 4 N–H and O–H groups in total. The smallest absolute Gasteiger partial charge is 0.381 e. The number of nitrogens with one attached hydrogen (secondary N) is 1. The first kappa shape index (κ1) is 22.2. The van der Waals surface area contributed by atoms with E-state index in [0.717, 1.165) is 0 Å². The molecule has 176 valence electrons. The number of aryl methyl sites for hydroxylation is 1. The van der Waals surface area contributed by atoms with Crippen LogP contribution in [0, 0.1) is 23.7 Å². The number of carbonyl (C=O) groups is 1. The predicted octanol–water partition coefficient (Wildman–Crippen LogP) is 3.23. The molecule has 1 aromatic carbocycles. The zero-order chi connectivity index (χ0) is 24.7. The van der Waals surface area contributed by atoms with Crippen molar-refractivity contribution in [3.8, 4) is 17.3 Å². The number of hydrogen-bond donors (Lipinski definition) is 3. The van der Waals surface area contributed by atoms with Gasteiger partial charge in [-0.1, -0.05) is 12.1 Å². The van der Waals surface area contributed by atoms with Gasteiger partial charge in [0.2, 0.25) is 0 Å². The predicted molar refractivity (Wildman–Crippen MR) is 115 cm³/mol. The molecule has 1 atom stereocenters. The van der Waals surface area contributed by atoms with Crippen LogP contribution in [0.15, 0.2) is 30.6 Å². The van der Waals surface area contributed by atoms with Crippen LogP contribution in [0.4, 0.5) is 19.0 Å². The highest BCUT2D eigenvalue weighted by molar-refractivity contribution is 5.94. The highest BCUT2D eigenvalue weighted by atomic mass is 19.4. The number of nitrogens with zero attached hydrogens (tertiary/aromatic N) is 4. The van der Waals surface area contributed by atoms with Crippen molar-refractivity contribution in [1.29, 1.82) is 5.26 Å². The number of carbonyl (C=O) groups excluding carboxylic acids is 1. The second kappa shape index (κ2) is 6.70. The summed E-state index contributed by atoms with van der Waals surface area (Å²) in [6.45, 7) is 2.41. The molecule has 3 aromatic rings. The molecular formula is C23H21F3N6O2. The number of nitrogen functional groups attached to an aromatic ring is 1. The lowest BCUT2D eigenvalue weighted by atomic mass is 9.40. The Balaban J connectivity index is 1.53. The normalized spacial score (nSPS) is 25.1. The molecule has 1 unspecified atom stereocenters. The van der Waals surface area contributed by atoms with Crippen LogP contribution in [0.1, 0.15) is 47.8 Å². The number of alkyl halides is 3. The van der Waals surface area contributed by atoms with E-state index in [1.54, 1.807) is 6.92 Å². The van der Waals surface area contributed by atoms with E-state index in [4.69, 9.17) is 5.73 Å². The summed E-state index contributed by atoms with van der Waals surface area (Å²) in [4.78, 5) is 21.3. The summed E-state index contributed by atoms with van der Waals surface area (Å²) in [6.07, 6.45) is -0.210. The SMILES string of the molecule is Cc1ccc(C(C)(O)C(F)(F)F)cc1-c1cnc2c(N)nc(C(=O)NC34CC(C#N)(C3)C4)cn12. The third-order valence-corrected chi connectivity index (χ3v) is 7.02. The first-order chi connectivity index (χ1) is 15.8. The van der Waals surface area contributed by atoms with Gasteiger partial charge in [-0.3, -0.25) is 9.20 Å². The quantitative estimate of drug-likeness (QED) is 0.537. The molecule has 2 bridgehead atoms. The number of amides is 1. The van der Waals surface area contributed by atoms with Gasteiger partial charge in [-0.25, -0.2) is 9.97 Å². The number of aliphatic hydroxyl groups is 1. The fourth-order valence-corrected chi connectivity index (χ4v) is 5.03. The summed E-state index contributed by atoms with van der Waals surface area (Å²) in [5.41, 5.74) is 3.62. The number of nitrogens with two attached hydrogens (primary N) is 1. The van der Waals surface area contributed by atoms with Gasteiger partial charge in [0.15, 0.2) is 17.1 Å². The van der Waals surface area contributed by atoms with Crippen molar-refractivity contribution in [3.63, 3.8) is 0 Å². The lowest BCUT2D eigenvalue weighted by molar-refractivity contribution is -0.258. The summed E-state index contributed by atoms with van der Waals surface area (Å²) in [5, 5.41) is 22.2. The molecular weight excluding hydrogens is 449 g/mol. The first-order valence-electron chi connectivity index (χ1n) is 10.6. The summed E-state index contributed by atoms with van der Waals surface area (Å²) >= 11 is 0. The van der Waals surface area contributed by atoms with E-state index in [1.807, 2.05) is 0 Å². The van der Waals surface area contributed by atoms with Crippen LogP contribution in [0.3, 0.4) is 0 Å². The van der Waals surface area contributed by atoms with Crippen LogP contribution in [0.2, 0.25) is 0 Å². The zero-order valence-electron chi connectivity index (χ0n) is 18.4. The Hall–Kier alpha value is -3.65. The molecule has 2 heterocycles. The number of nitriles is 1. The Labute approximate surface area is 192 Å². The minimum absolute atomic E-state index is 0.0129. The van der Waals surface area contributed by atoms with Gasteiger partial charge in [0.1, 0.15) is 5.69 Å². The number of hydrogen-bond acceptors (Lipinski definition) is 6. The minimum Gasteiger partial charge on any atom is -0.381 e. The highest BCUT2D eigenvalue weighted by Gasteiger charge is 2.69. The molecule has 1 amide bonds. The van der Waals surface area contributed by atoms with E-state index in [-0.39, 0.29) is 28.1 Å². The summed E-state index contributed by atoms with van der Waals surface area (Å²) in [5.74, 6) is -0.467. The van der Waals surface area contributed by atoms with Gasteiger partial charge < -0.3 is 16.2 Å². The van der Waals surface area contributed by atoms with Gasteiger partial charge in [-0.15, -0.1) is 0 Å². The van der Waals surface area contributed by atoms with E-state index in [2.05, 4.69) is 21.4 Å². The van der Waals surface area contributed by atoms with Crippen LogP contribution >= 0.6 is 0 Å². The average molecular weight is 470 g/mol. The monoisotopic (exact) mass is 470 g/mol. The van der Waals surface area contributed by atoms with E-state index in [9.17, 15) is 28.3 Å². The van der Waals surface area contributed by atoms with Crippen molar-refractivity contribution in [1.82, 2.24) is 19.7 Å². The largest absolute Gasteiger partial charge is 0.421 e. The molecule has 0 aliphatic heterocycles. The Morgan fingerprint density at radius 2 is 2.00 bits per heavy atom. The van der Waals surface area contributed by atoms with Crippen LogP contribution in [-0.4, -0.2) is 37.1 Å². The maximum atomic E-state index is 13.4. The van der Waals surface area contributed by atoms with Gasteiger partial charge >= 0.3 is 6.18 Å². The van der Waals surface area contributed by atoms with Crippen molar-refractivity contribution in [3.05, 3.63) is 47.4 Å². The van der Waals surface area contributed by atoms with Gasteiger partial charge in [-0.05, 0) is 50.3 Å². The van der Waals surface area contributed by atoms with E-state index >= 15 is 0 Å². The maximum Gasteiger partial charge on any atom is 0.421 e. The number of benzene rings is 1. The summed E-state index contributed by atoms with van der Waals surface area (Å²) in [6, 6.07) is 6.24. The minimum atomic E-state index is -4.87. The lowest BCUT2D eigenvalue weighted by Gasteiger charge is -2.66. The third-order valence-electron chi connectivity index (χ3n) is 7.02. The number of rotatable bonds is 4. The average Bonchev–Trinajstić information content (AvgIpc) is 3.13. The third kappa shape index (κ3) is 3.05. The number of aromatic nitrogens is 3. The fourth-order valence-electron chi connectivity index (χ4n) is 5.03. The Morgan fingerprint density at radius 1 is 1.32 bits per heavy atom. The molecule has 2 aromatic heterocycles. The number of anilines is 1. The molecule has 6 rings (SSSR count). The highest BCUT2D eigenvalue weighted by Crippen LogP contribution is 2.66. The molecule has 8 nitrogen and oxygen atoms in total.